The minimum Gasteiger partial charge on any atom is -0.397 e. The van der Waals surface area contributed by atoms with E-state index >= 15 is 0 Å². The number of anilines is 2. The van der Waals surface area contributed by atoms with Crippen LogP contribution in [0.1, 0.15) is 15.2 Å². The van der Waals surface area contributed by atoms with E-state index in [-0.39, 0.29) is 5.91 Å². The van der Waals surface area contributed by atoms with Crippen LogP contribution >= 0.6 is 11.3 Å². The van der Waals surface area contributed by atoms with Crippen LogP contribution in [0.15, 0.2) is 36.5 Å². The van der Waals surface area contributed by atoms with Crippen molar-refractivity contribution in [1.82, 2.24) is 10.2 Å². The number of fused-ring (bicyclic) bond motifs is 1. The Labute approximate surface area is 126 Å². The molecule has 0 fully saturated rings. The van der Waals surface area contributed by atoms with Gasteiger partial charge in [-0.2, -0.15) is 5.10 Å². The van der Waals surface area contributed by atoms with Gasteiger partial charge in [0.1, 0.15) is 9.71 Å². The average Bonchev–Trinajstić information content (AvgIpc) is 2.83. The molecule has 21 heavy (non-hydrogen) atoms. The zero-order valence-corrected chi connectivity index (χ0v) is 12.5. The Balaban J connectivity index is 2.02. The monoisotopic (exact) mass is 298 g/mol. The smallest absolute Gasteiger partial charge is 0.270 e. The molecule has 0 radical (unpaired) electrons. The van der Waals surface area contributed by atoms with Crippen molar-refractivity contribution in [2.45, 2.75) is 6.92 Å². The van der Waals surface area contributed by atoms with Crippen molar-refractivity contribution >= 4 is 38.8 Å². The number of nitrogen functional groups attached to an aromatic ring is 1. The highest BCUT2D eigenvalue weighted by Gasteiger charge is 2.21. The lowest BCUT2D eigenvalue weighted by atomic mass is 10.2. The maximum Gasteiger partial charge on any atom is 0.270 e. The van der Waals surface area contributed by atoms with Crippen molar-refractivity contribution in [3.63, 3.8) is 0 Å². The fourth-order valence-electron chi connectivity index (χ4n) is 2.14. The first kappa shape index (κ1) is 13.5. The molecule has 2 N–H and O–H groups in total. The summed E-state index contributed by atoms with van der Waals surface area (Å²) in [6, 6.07) is 9.55. The molecule has 0 saturated carbocycles. The molecule has 0 aliphatic heterocycles. The number of aryl methyl sites for hydroxylation is 1. The number of carbonyl (C=O) groups excluding carboxylic acids is 1. The van der Waals surface area contributed by atoms with Crippen LogP contribution in [0.25, 0.3) is 10.2 Å². The van der Waals surface area contributed by atoms with Crippen molar-refractivity contribution in [3.05, 3.63) is 47.0 Å². The Bertz CT molecular complexity index is 827. The van der Waals surface area contributed by atoms with Crippen LogP contribution < -0.4 is 10.6 Å². The maximum absolute atomic E-state index is 12.7. The highest BCUT2D eigenvalue weighted by atomic mass is 32.1. The average molecular weight is 298 g/mol. The van der Waals surface area contributed by atoms with Crippen LogP contribution in [-0.2, 0) is 0 Å². The number of thiophene rings is 1. The minimum atomic E-state index is -0.138. The number of hydrogen-bond acceptors (Lipinski definition) is 5. The van der Waals surface area contributed by atoms with Gasteiger partial charge in [-0.05, 0) is 30.7 Å². The summed E-state index contributed by atoms with van der Waals surface area (Å²) in [7, 11) is 1.74. The molecule has 0 spiro atoms. The minimum absolute atomic E-state index is 0.138. The number of benzene rings is 1. The van der Waals surface area contributed by atoms with E-state index in [1.54, 1.807) is 24.2 Å². The summed E-state index contributed by atoms with van der Waals surface area (Å²) in [5, 5.41) is 8.60. The van der Waals surface area contributed by atoms with Gasteiger partial charge in [0.05, 0.1) is 11.9 Å². The molecule has 1 amide bonds. The number of nitrogens with zero attached hydrogens (tertiary/aromatic N) is 3. The van der Waals surface area contributed by atoms with Crippen LogP contribution in [0, 0.1) is 6.92 Å². The molecule has 0 saturated heterocycles. The van der Waals surface area contributed by atoms with Gasteiger partial charge < -0.3 is 10.6 Å². The number of nitrogens with two attached hydrogens (primary N) is 1. The second-order valence-electron chi connectivity index (χ2n) is 4.80. The van der Waals surface area contributed by atoms with E-state index in [0.29, 0.717) is 15.4 Å². The molecule has 0 bridgehead atoms. The van der Waals surface area contributed by atoms with Crippen LogP contribution in [0.4, 0.5) is 11.4 Å². The lowest BCUT2D eigenvalue weighted by Crippen LogP contribution is -2.26. The van der Waals surface area contributed by atoms with Crippen molar-refractivity contribution in [1.29, 1.82) is 0 Å². The van der Waals surface area contributed by atoms with E-state index in [1.807, 2.05) is 31.2 Å². The Kier molecular flexibility index (Phi) is 3.31. The van der Waals surface area contributed by atoms with E-state index in [9.17, 15) is 4.79 Å². The molecule has 0 aliphatic carbocycles. The highest BCUT2D eigenvalue weighted by molar-refractivity contribution is 7.21. The number of rotatable bonds is 2. The first-order valence-corrected chi connectivity index (χ1v) is 7.24. The Morgan fingerprint density at radius 3 is 2.86 bits per heavy atom. The third-order valence-electron chi connectivity index (χ3n) is 3.31. The molecule has 0 aliphatic rings. The molecule has 5 nitrogen and oxygen atoms in total. The van der Waals surface area contributed by atoms with Crippen molar-refractivity contribution in [2.75, 3.05) is 17.7 Å². The van der Waals surface area contributed by atoms with Gasteiger partial charge in [0, 0.05) is 18.1 Å². The topological polar surface area (TPSA) is 72.1 Å². The van der Waals surface area contributed by atoms with Crippen molar-refractivity contribution in [3.8, 4) is 0 Å². The molecule has 6 heteroatoms. The van der Waals surface area contributed by atoms with Gasteiger partial charge in [-0.15, -0.1) is 16.4 Å². The number of carbonyl (C=O) groups is 1. The summed E-state index contributed by atoms with van der Waals surface area (Å²) in [4.78, 5) is 15.4. The molecular formula is C15H14N4OS. The van der Waals surface area contributed by atoms with Gasteiger partial charge >= 0.3 is 0 Å². The molecule has 3 rings (SSSR count). The molecule has 2 aromatic heterocycles. The molecule has 106 valence electrons. The Morgan fingerprint density at radius 2 is 2.14 bits per heavy atom. The maximum atomic E-state index is 12.7. The second-order valence-corrected chi connectivity index (χ2v) is 5.80. The first-order valence-electron chi connectivity index (χ1n) is 6.42. The van der Waals surface area contributed by atoms with Gasteiger partial charge in [0.15, 0.2) is 0 Å². The second kappa shape index (κ2) is 5.14. The molecule has 2 heterocycles. The summed E-state index contributed by atoms with van der Waals surface area (Å²) in [6.07, 6.45) is 1.57. The van der Waals surface area contributed by atoms with E-state index < -0.39 is 0 Å². The Hall–Kier alpha value is -2.47. The number of aromatic nitrogens is 2. The van der Waals surface area contributed by atoms with E-state index in [1.165, 1.54) is 11.3 Å². The van der Waals surface area contributed by atoms with Gasteiger partial charge in [0.2, 0.25) is 0 Å². The zero-order valence-electron chi connectivity index (χ0n) is 11.7. The predicted molar refractivity (Wildman–Crippen MR) is 85.7 cm³/mol. The largest absolute Gasteiger partial charge is 0.397 e. The fourth-order valence-corrected chi connectivity index (χ4v) is 3.15. The van der Waals surface area contributed by atoms with Crippen LogP contribution in [0.5, 0.6) is 0 Å². The van der Waals surface area contributed by atoms with Gasteiger partial charge in [0.25, 0.3) is 5.91 Å². The van der Waals surface area contributed by atoms with Crippen molar-refractivity contribution in [2.24, 2.45) is 0 Å². The summed E-state index contributed by atoms with van der Waals surface area (Å²) < 4.78 is 0. The summed E-state index contributed by atoms with van der Waals surface area (Å²) >= 11 is 1.27. The summed E-state index contributed by atoms with van der Waals surface area (Å²) in [5.74, 6) is -0.138. The van der Waals surface area contributed by atoms with Crippen LogP contribution in [-0.4, -0.2) is 23.2 Å². The molecule has 0 atom stereocenters. The zero-order chi connectivity index (χ0) is 15.0. The SMILES string of the molecule is Cc1cccc(N(C)C(=O)c2sc3nnccc3c2N)c1. The predicted octanol–water partition coefficient (Wildman–Crippen LogP) is 2.86. The fraction of sp³-hybridized carbons (Fsp3) is 0.133. The van der Waals surface area contributed by atoms with E-state index in [2.05, 4.69) is 10.2 Å². The van der Waals surface area contributed by atoms with Crippen LogP contribution in [0.3, 0.4) is 0 Å². The molecule has 3 aromatic rings. The third-order valence-corrected chi connectivity index (χ3v) is 4.40. The molecule has 0 unspecified atom stereocenters. The van der Waals surface area contributed by atoms with Gasteiger partial charge in [-0.3, -0.25) is 4.79 Å². The molecular weight excluding hydrogens is 284 g/mol. The quantitative estimate of drug-likeness (QED) is 0.789. The summed E-state index contributed by atoms with van der Waals surface area (Å²) in [6.45, 7) is 1.99. The van der Waals surface area contributed by atoms with Gasteiger partial charge in [-0.25, -0.2) is 0 Å². The van der Waals surface area contributed by atoms with E-state index in [0.717, 1.165) is 16.6 Å². The number of amides is 1. The number of hydrogen-bond donors (Lipinski definition) is 1. The standard InChI is InChI=1S/C15H14N4OS/c1-9-4-3-5-10(8-9)19(2)15(20)13-12(16)11-6-7-17-18-14(11)21-13/h3-8H,16H2,1-2H3. The summed E-state index contributed by atoms with van der Waals surface area (Å²) in [5.41, 5.74) is 8.48. The third kappa shape index (κ3) is 2.34. The normalized spacial score (nSPS) is 10.8. The van der Waals surface area contributed by atoms with Crippen molar-refractivity contribution < 1.29 is 4.79 Å². The lowest BCUT2D eigenvalue weighted by Gasteiger charge is -2.17. The van der Waals surface area contributed by atoms with E-state index in [4.69, 9.17) is 5.73 Å². The highest BCUT2D eigenvalue weighted by Crippen LogP contribution is 2.33. The molecule has 1 aromatic carbocycles. The first-order chi connectivity index (χ1) is 10.1. The van der Waals surface area contributed by atoms with Crippen LogP contribution in [0.2, 0.25) is 0 Å². The van der Waals surface area contributed by atoms with Gasteiger partial charge in [-0.1, -0.05) is 12.1 Å². The lowest BCUT2D eigenvalue weighted by molar-refractivity contribution is 0.0997. The Morgan fingerprint density at radius 1 is 1.33 bits per heavy atom.